The SMILES string of the molecule is C#CCO[Si](C=CC)(OCC)OCC. The van der Waals surface area contributed by atoms with Gasteiger partial charge in [0.05, 0.1) is 0 Å². The van der Waals surface area contributed by atoms with E-state index in [0.717, 1.165) is 0 Å². The normalized spacial score (nSPS) is 11.9. The largest absolute Gasteiger partial charge is 0.530 e. The van der Waals surface area contributed by atoms with Gasteiger partial charge >= 0.3 is 8.80 Å². The van der Waals surface area contributed by atoms with Crippen molar-refractivity contribution in [3.05, 3.63) is 11.8 Å². The zero-order chi connectivity index (χ0) is 10.9. The lowest BCUT2D eigenvalue weighted by Gasteiger charge is -2.24. The van der Waals surface area contributed by atoms with Gasteiger partial charge in [-0.15, -0.1) is 6.42 Å². The van der Waals surface area contributed by atoms with E-state index < -0.39 is 8.80 Å². The molecule has 0 aliphatic carbocycles. The Bertz CT molecular complexity index is 202. The Labute approximate surface area is 87.4 Å². The molecule has 0 aromatic carbocycles. The first kappa shape index (κ1) is 13.4. The molecule has 3 nitrogen and oxygen atoms in total. The summed E-state index contributed by atoms with van der Waals surface area (Å²) in [6.07, 6.45) is 7.01. The number of hydrogen-bond donors (Lipinski definition) is 0. The molecular formula is C10H18O3Si. The molecule has 0 aromatic rings. The second kappa shape index (κ2) is 7.77. The molecule has 4 heteroatoms. The van der Waals surface area contributed by atoms with Crippen LogP contribution in [-0.2, 0) is 13.3 Å². The monoisotopic (exact) mass is 214 g/mol. The van der Waals surface area contributed by atoms with Crippen LogP contribution in [0.5, 0.6) is 0 Å². The summed E-state index contributed by atoms with van der Waals surface area (Å²) in [7, 11) is -2.64. The lowest BCUT2D eigenvalue weighted by Crippen LogP contribution is -2.44. The summed E-state index contributed by atoms with van der Waals surface area (Å²) in [6, 6.07) is 0. The van der Waals surface area contributed by atoms with Crippen LogP contribution < -0.4 is 0 Å². The fourth-order valence-corrected chi connectivity index (χ4v) is 3.05. The van der Waals surface area contributed by atoms with Crippen molar-refractivity contribution in [2.45, 2.75) is 20.8 Å². The third-order valence-electron chi connectivity index (χ3n) is 1.42. The molecule has 0 aliphatic rings. The Morgan fingerprint density at radius 3 is 2.14 bits per heavy atom. The number of terminal acetylenes is 1. The Balaban J connectivity index is 4.47. The maximum absolute atomic E-state index is 5.52. The Morgan fingerprint density at radius 1 is 1.21 bits per heavy atom. The summed E-state index contributed by atoms with van der Waals surface area (Å²) in [5.74, 6) is 2.42. The van der Waals surface area contributed by atoms with E-state index in [0.29, 0.717) is 13.2 Å². The van der Waals surface area contributed by atoms with Crippen LogP contribution in [0.25, 0.3) is 0 Å². The summed E-state index contributed by atoms with van der Waals surface area (Å²) in [6.45, 7) is 7.05. The van der Waals surface area contributed by atoms with E-state index in [1.807, 2.05) is 32.5 Å². The lowest BCUT2D eigenvalue weighted by atomic mass is 10.8. The molecule has 0 rings (SSSR count). The number of rotatable bonds is 7. The molecule has 0 unspecified atom stereocenters. The van der Waals surface area contributed by atoms with Crippen LogP contribution in [0, 0.1) is 12.3 Å². The summed E-state index contributed by atoms with van der Waals surface area (Å²) < 4.78 is 16.5. The maximum Gasteiger partial charge on any atom is 0.530 e. The quantitative estimate of drug-likeness (QED) is 0.477. The predicted molar refractivity (Wildman–Crippen MR) is 58.6 cm³/mol. The maximum atomic E-state index is 5.52. The van der Waals surface area contributed by atoms with Crippen LogP contribution in [0.3, 0.4) is 0 Å². The van der Waals surface area contributed by atoms with Gasteiger partial charge in [-0.25, -0.2) is 0 Å². The molecule has 0 saturated heterocycles. The van der Waals surface area contributed by atoms with Gasteiger partial charge in [0, 0.05) is 13.2 Å². The van der Waals surface area contributed by atoms with Crippen molar-refractivity contribution < 1.29 is 13.3 Å². The van der Waals surface area contributed by atoms with Crippen LogP contribution in [0.2, 0.25) is 0 Å². The summed E-state index contributed by atoms with van der Waals surface area (Å²) in [5.41, 5.74) is 1.84. The summed E-state index contributed by atoms with van der Waals surface area (Å²) in [4.78, 5) is 0. The molecule has 0 radical (unpaired) electrons. The van der Waals surface area contributed by atoms with E-state index in [2.05, 4.69) is 5.92 Å². The average Bonchev–Trinajstić information content (AvgIpc) is 2.16. The molecule has 0 spiro atoms. The second-order valence-corrected chi connectivity index (χ2v) is 4.87. The minimum Gasteiger partial charge on any atom is -0.371 e. The molecule has 0 amide bonds. The van der Waals surface area contributed by atoms with Gasteiger partial charge in [0.15, 0.2) is 0 Å². The molecule has 0 atom stereocenters. The van der Waals surface area contributed by atoms with Crippen molar-refractivity contribution in [2.24, 2.45) is 0 Å². The predicted octanol–water partition coefficient (Wildman–Crippen LogP) is 1.76. The molecule has 0 aliphatic heterocycles. The van der Waals surface area contributed by atoms with Crippen LogP contribution in [-0.4, -0.2) is 28.6 Å². The number of allylic oxidation sites excluding steroid dienone is 1. The molecule has 0 fully saturated rings. The first-order chi connectivity index (χ1) is 6.74. The van der Waals surface area contributed by atoms with E-state index in [1.165, 1.54) is 0 Å². The molecule has 0 heterocycles. The minimum absolute atomic E-state index is 0.219. The molecular weight excluding hydrogens is 196 g/mol. The highest BCUT2D eigenvalue weighted by atomic mass is 28.4. The van der Waals surface area contributed by atoms with Gasteiger partial charge in [-0.2, -0.15) is 0 Å². The standard InChI is InChI=1S/C10H18O3Si/c1-5-9-13-14(10-6-2,11-7-3)12-8-4/h1,6,10H,7-9H2,2-4H3. The van der Waals surface area contributed by atoms with Gasteiger partial charge < -0.3 is 13.3 Å². The molecule has 0 N–H and O–H groups in total. The molecule has 80 valence electrons. The zero-order valence-electron chi connectivity index (χ0n) is 9.08. The summed E-state index contributed by atoms with van der Waals surface area (Å²) >= 11 is 0. The van der Waals surface area contributed by atoms with Gasteiger partial charge in [0.1, 0.15) is 6.61 Å². The second-order valence-electron chi connectivity index (χ2n) is 2.46. The van der Waals surface area contributed by atoms with E-state index >= 15 is 0 Å². The van der Waals surface area contributed by atoms with Crippen LogP contribution in [0.4, 0.5) is 0 Å². The van der Waals surface area contributed by atoms with E-state index in [1.54, 1.807) is 0 Å². The van der Waals surface area contributed by atoms with E-state index in [9.17, 15) is 0 Å². The van der Waals surface area contributed by atoms with E-state index in [-0.39, 0.29) is 6.61 Å². The van der Waals surface area contributed by atoms with Crippen molar-refractivity contribution in [1.82, 2.24) is 0 Å². The highest BCUT2D eigenvalue weighted by molar-refractivity contribution is 6.66. The highest BCUT2D eigenvalue weighted by Gasteiger charge is 2.37. The summed E-state index contributed by atoms with van der Waals surface area (Å²) in [5, 5.41) is 0. The van der Waals surface area contributed by atoms with E-state index in [4.69, 9.17) is 19.7 Å². The Morgan fingerprint density at radius 2 is 1.79 bits per heavy atom. The third-order valence-corrected chi connectivity index (χ3v) is 4.09. The van der Waals surface area contributed by atoms with Crippen molar-refractivity contribution in [2.75, 3.05) is 19.8 Å². The Hall–Kier alpha value is -0.603. The van der Waals surface area contributed by atoms with Crippen LogP contribution >= 0.6 is 0 Å². The first-order valence-corrected chi connectivity index (χ1v) is 6.54. The fourth-order valence-electron chi connectivity index (χ4n) is 1.02. The van der Waals surface area contributed by atoms with Gasteiger partial charge in [-0.3, -0.25) is 0 Å². The topological polar surface area (TPSA) is 27.7 Å². The average molecular weight is 214 g/mol. The molecule has 0 bridgehead atoms. The van der Waals surface area contributed by atoms with Crippen molar-refractivity contribution >= 4 is 8.80 Å². The third kappa shape index (κ3) is 4.58. The molecule has 0 aromatic heterocycles. The molecule has 14 heavy (non-hydrogen) atoms. The van der Waals surface area contributed by atoms with Gasteiger partial charge in [0.25, 0.3) is 0 Å². The van der Waals surface area contributed by atoms with Crippen LogP contribution in [0.1, 0.15) is 20.8 Å². The Kier molecular flexibility index (Phi) is 7.43. The van der Waals surface area contributed by atoms with Gasteiger partial charge in [0.2, 0.25) is 0 Å². The smallest absolute Gasteiger partial charge is 0.371 e. The van der Waals surface area contributed by atoms with Crippen molar-refractivity contribution in [1.29, 1.82) is 0 Å². The van der Waals surface area contributed by atoms with Gasteiger partial charge in [-0.1, -0.05) is 12.0 Å². The van der Waals surface area contributed by atoms with Crippen LogP contribution in [0.15, 0.2) is 11.8 Å². The van der Waals surface area contributed by atoms with Crippen molar-refractivity contribution in [3.63, 3.8) is 0 Å². The minimum atomic E-state index is -2.64. The number of hydrogen-bond acceptors (Lipinski definition) is 3. The zero-order valence-corrected chi connectivity index (χ0v) is 10.1. The fraction of sp³-hybridized carbons (Fsp3) is 0.600. The van der Waals surface area contributed by atoms with Crippen molar-refractivity contribution in [3.8, 4) is 12.3 Å². The highest BCUT2D eigenvalue weighted by Crippen LogP contribution is 2.11. The lowest BCUT2D eigenvalue weighted by molar-refractivity contribution is 0.0906. The van der Waals surface area contributed by atoms with Gasteiger partial charge in [-0.05, 0) is 26.5 Å². The molecule has 0 saturated carbocycles. The first-order valence-electron chi connectivity index (χ1n) is 4.73.